The van der Waals surface area contributed by atoms with Gasteiger partial charge in [0.05, 0.1) is 42.6 Å². The van der Waals surface area contributed by atoms with E-state index in [2.05, 4.69) is 4.98 Å². The van der Waals surface area contributed by atoms with Gasteiger partial charge in [-0.3, -0.25) is 0 Å². The number of rotatable bonds is 3. The predicted molar refractivity (Wildman–Crippen MR) is 170 cm³/mol. The molecule has 7 aromatic carbocycles. The van der Waals surface area contributed by atoms with Crippen LogP contribution in [0.5, 0.6) is 0 Å². The molecular weight excluding hydrogens is 484 g/mol. The van der Waals surface area contributed by atoms with Crippen LogP contribution >= 0.6 is 0 Å². The first kappa shape index (κ1) is 8.64. The fraction of sp³-hybridized carbons (Fsp3) is 0.0263. The Hall–Kier alpha value is -5.21. The third-order valence-electron chi connectivity index (χ3n) is 6.28. The van der Waals surface area contributed by atoms with Crippen molar-refractivity contribution in [2.45, 2.75) is 0 Å². The van der Waals surface area contributed by atoms with Gasteiger partial charge in [0, 0.05) is 16.7 Å². The number of hydrogen-bond acceptors (Lipinski definition) is 1. The van der Waals surface area contributed by atoms with Crippen molar-refractivity contribution in [1.82, 2.24) is 9.55 Å². The van der Waals surface area contributed by atoms with Gasteiger partial charge in [-0.25, -0.2) is 4.98 Å². The quantitative estimate of drug-likeness (QED) is 0.205. The topological polar surface area (TPSA) is 17.8 Å². The average molecular weight is 537 g/mol. The summed E-state index contributed by atoms with van der Waals surface area (Å²) in [6, 6.07) is -21.4. The van der Waals surface area contributed by atoms with Gasteiger partial charge in [-0.2, -0.15) is 0 Å². The fourth-order valence-electron chi connectivity index (χ4n) is 4.58. The molecule has 0 aliphatic rings. The highest BCUT2D eigenvalue weighted by atomic mass is 15.1. The van der Waals surface area contributed by atoms with Crippen molar-refractivity contribution in [3.63, 3.8) is 0 Å². The van der Waals surface area contributed by atoms with Gasteiger partial charge < -0.3 is 4.57 Å². The Morgan fingerprint density at radius 2 is 1.07 bits per heavy atom. The fourth-order valence-corrected chi connectivity index (χ4v) is 4.58. The summed E-state index contributed by atoms with van der Waals surface area (Å²) in [6.45, 7) is -3.39. The van der Waals surface area contributed by atoms with Gasteiger partial charge in [0.1, 0.15) is 5.82 Å². The van der Waals surface area contributed by atoms with Crippen LogP contribution in [0.4, 0.5) is 0 Å². The van der Waals surface area contributed by atoms with Gasteiger partial charge in [0.2, 0.25) is 0 Å². The summed E-state index contributed by atoms with van der Waals surface area (Å²) >= 11 is 0. The maximum Gasteiger partial charge on any atom is 0.140 e. The van der Waals surface area contributed by atoms with Crippen molar-refractivity contribution < 1.29 is 35.6 Å². The zero-order chi connectivity index (χ0) is 49.1. The molecule has 1 aromatic heterocycles. The number of aromatic nitrogens is 2. The van der Waals surface area contributed by atoms with Crippen molar-refractivity contribution in [1.29, 1.82) is 0 Å². The van der Waals surface area contributed by atoms with Crippen LogP contribution in [0, 0.1) is 0 Å². The van der Waals surface area contributed by atoms with E-state index in [1.807, 2.05) is 0 Å². The normalized spacial score (nSPS) is 21.1. The van der Waals surface area contributed by atoms with Gasteiger partial charge in [-0.05, 0) is 72.7 Å². The van der Waals surface area contributed by atoms with Gasteiger partial charge in [0.25, 0.3) is 0 Å². The number of aryl methyl sites for hydroxylation is 1. The maximum atomic E-state index is 9.59. The molecule has 0 bridgehead atoms. The molecule has 0 unspecified atom stereocenters. The van der Waals surface area contributed by atoms with E-state index in [0.29, 0.717) is 4.57 Å². The highest BCUT2D eigenvalue weighted by Gasteiger charge is 2.18. The summed E-state index contributed by atoms with van der Waals surface area (Å²) in [5, 5.41) is -4.06. The molecule has 8 aromatic rings. The zero-order valence-electron chi connectivity index (χ0n) is 45.9. The first-order valence-electron chi connectivity index (χ1n) is 24.6. The Morgan fingerprint density at radius 1 is 0.525 bits per heavy atom. The number of nitrogens with zero attached hydrogens (tertiary/aromatic N) is 2. The first-order valence-corrected chi connectivity index (χ1v) is 11.6. The lowest BCUT2D eigenvalue weighted by molar-refractivity contribution is 0.959. The zero-order valence-corrected chi connectivity index (χ0v) is 19.9. The molecule has 0 fully saturated rings. The molecular formula is C38H26N2. The Morgan fingerprint density at radius 3 is 1.73 bits per heavy atom. The van der Waals surface area contributed by atoms with E-state index in [4.69, 9.17) is 23.3 Å². The van der Waals surface area contributed by atoms with Gasteiger partial charge in [-0.1, -0.05) is 121 Å². The standard InChI is InChI=1S/C38H26N2/c1-40-35-22-21-29(24-34(35)39-38(40)26-12-3-2-4-13-26)37-32-17-9-7-15-30(32)36(31-16-8-10-18-33(31)37)28-20-19-25-11-5-6-14-27(25)23-28/h2-24H,1H3/i1D3,2D,3D,4D,5D,6D,7D,8D,9D,10D,11D,12D,13D,14D,15D,16D,17D,18D,19D,20D,21D,22D,23D,24D. The van der Waals surface area contributed by atoms with Crippen LogP contribution in [0.25, 0.3) is 77.0 Å². The molecule has 0 aliphatic heterocycles. The van der Waals surface area contributed by atoms with Crippen molar-refractivity contribution in [3.05, 3.63) is 139 Å². The van der Waals surface area contributed by atoms with Gasteiger partial charge >= 0.3 is 0 Å². The second kappa shape index (κ2) is 8.93. The molecule has 8 rings (SSSR count). The van der Waals surface area contributed by atoms with E-state index in [9.17, 15) is 12.3 Å². The van der Waals surface area contributed by atoms with Crippen LogP contribution < -0.4 is 0 Å². The molecule has 0 saturated carbocycles. The number of imidazole rings is 1. The second-order valence-corrected chi connectivity index (χ2v) is 8.47. The van der Waals surface area contributed by atoms with Crippen LogP contribution in [0.2, 0.25) is 0 Å². The largest absolute Gasteiger partial charge is 0.327 e. The summed E-state index contributed by atoms with van der Waals surface area (Å²) in [4.78, 5) is 4.24. The summed E-state index contributed by atoms with van der Waals surface area (Å²) in [5.74, 6) is -0.860. The lowest BCUT2D eigenvalue weighted by Crippen LogP contribution is -1.92. The molecule has 2 nitrogen and oxygen atoms in total. The van der Waals surface area contributed by atoms with E-state index in [1.54, 1.807) is 0 Å². The van der Waals surface area contributed by atoms with Crippen molar-refractivity contribution in [3.8, 4) is 33.6 Å². The number of hydrogen-bond donors (Lipinski definition) is 0. The Balaban J connectivity index is 1.71. The Labute approximate surface area is 269 Å². The smallest absolute Gasteiger partial charge is 0.140 e. The van der Waals surface area contributed by atoms with Gasteiger partial charge in [0.15, 0.2) is 0 Å². The summed E-state index contributed by atoms with van der Waals surface area (Å²) < 4.78 is 229. The summed E-state index contributed by atoms with van der Waals surface area (Å²) in [7, 11) is 0. The predicted octanol–water partition coefficient (Wildman–Crippen LogP) is 10.0. The van der Waals surface area contributed by atoms with E-state index in [0.717, 1.165) is 0 Å². The van der Waals surface area contributed by atoms with E-state index in [-0.39, 0.29) is 0 Å². The molecule has 0 spiro atoms. The molecule has 188 valence electrons. The van der Waals surface area contributed by atoms with Crippen molar-refractivity contribution in [2.75, 3.05) is 0 Å². The Bertz CT molecular complexity index is 3500. The lowest BCUT2D eigenvalue weighted by Gasteiger charge is -2.18. The molecule has 2 heteroatoms. The van der Waals surface area contributed by atoms with E-state index in [1.165, 1.54) is 0 Å². The van der Waals surface area contributed by atoms with E-state index >= 15 is 0 Å². The van der Waals surface area contributed by atoms with Crippen LogP contribution in [-0.4, -0.2) is 9.55 Å². The third-order valence-corrected chi connectivity index (χ3v) is 6.28. The highest BCUT2D eigenvalue weighted by Crippen LogP contribution is 2.44. The summed E-state index contributed by atoms with van der Waals surface area (Å²) in [6.07, 6.45) is 0. The molecule has 0 radical (unpaired) electrons. The monoisotopic (exact) mass is 536 g/mol. The van der Waals surface area contributed by atoms with Crippen LogP contribution in [0.3, 0.4) is 0 Å². The molecule has 0 aliphatic carbocycles. The highest BCUT2D eigenvalue weighted by molar-refractivity contribution is 6.22. The van der Waals surface area contributed by atoms with Gasteiger partial charge in [-0.15, -0.1) is 0 Å². The second-order valence-electron chi connectivity index (χ2n) is 8.47. The molecule has 1 heterocycles. The molecule has 0 N–H and O–H groups in total. The number of fused-ring (bicyclic) bond motifs is 4. The van der Waals surface area contributed by atoms with Crippen molar-refractivity contribution in [2.24, 2.45) is 6.98 Å². The molecule has 40 heavy (non-hydrogen) atoms. The lowest BCUT2D eigenvalue weighted by atomic mass is 9.85. The minimum atomic E-state index is -3.39. The number of benzene rings is 7. The SMILES string of the molecule is [2H]c1c([2H])c([2H])c(-c2nc3c([2H])c(-c4c5c([2H])c([2H])c([2H])c([2H])c5c(-c5c([2H])c([2H])c6c([2H])c([2H])c([2H])c([2H])c6c5[2H])c5c([2H])c([2H])c([2H])c([2H])c45)c([2H])c([2H])c3n2C([2H])([2H])[2H])c([2H])c1[2H]. The van der Waals surface area contributed by atoms with Crippen LogP contribution in [0.1, 0.15) is 35.6 Å². The van der Waals surface area contributed by atoms with E-state index < -0.39 is 223 Å². The van der Waals surface area contributed by atoms with Crippen LogP contribution in [0.15, 0.2) is 139 Å². The average Bonchev–Trinajstić information content (AvgIpc) is 3.68. The molecule has 0 amide bonds. The van der Waals surface area contributed by atoms with Crippen molar-refractivity contribution >= 4 is 43.4 Å². The molecule has 0 saturated heterocycles. The van der Waals surface area contributed by atoms with Crippen LogP contribution in [-0.2, 0) is 6.98 Å². The minimum absolute atomic E-state index is 0.328. The first-order chi connectivity index (χ1) is 30.6. The molecule has 0 atom stereocenters. The minimum Gasteiger partial charge on any atom is -0.327 e. The Kier molecular flexibility index (Phi) is 1.93. The third kappa shape index (κ3) is 3.47. The maximum absolute atomic E-state index is 9.59. The summed E-state index contributed by atoms with van der Waals surface area (Å²) in [5.41, 5.74) is -5.32.